The molecule has 1 heterocycles. The zero-order valence-corrected chi connectivity index (χ0v) is 15.5. The summed E-state index contributed by atoms with van der Waals surface area (Å²) in [5.74, 6) is 1.08. The number of nitrogens with zero attached hydrogens (tertiary/aromatic N) is 3. The summed E-state index contributed by atoms with van der Waals surface area (Å²) in [5, 5.41) is 6.49. The summed E-state index contributed by atoms with van der Waals surface area (Å²) < 4.78 is 0. The van der Waals surface area contributed by atoms with Gasteiger partial charge in [-0.15, -0.1) is 0 Å². The fourth-order valence-corrected chi connectivity index (χ4v) is 2.64. The van der Waals surface area contributed by atoms with Gasteiger partial charge in [-0.3, -0.25) is 0 Å². The van der Waals surface area contributed by atoms with Gasteiger partial charge in [-0.2, -0.15) is 15.0 Å². The summed E-state index contributed by atoms with van der Waals surface area (Å²) in [7, 11) is 0. The largest absolute Gasteiger partial charge is 0.354 e. The molecule has 0 unspecified atom stereocenters. The highest BCUT2D eigenvalue weighted by Crippen LogP contribution is 2.12. The molecule has 0 bridgehead atoms. The van der Waals surface area contributed by atoms with Crippen LogP contribution in [0.15, 0.2) is 0 Å². The van der Waals surface area contributed by atoms with E-state index in [1.54, 1.807) is 0 Å². The summed E-state index contributed by atoms with van der Waals surface area (Å²) >= 11 is 5.89. The van der Waals surface area contributed by atoms with E-state index in [1.807, 2.05) is 6.92 Å². The Morgan fingerprint density at radius 2 is 1.22 bits per heavy atom. The second kappa shape index (κ2) is 13.3. The normalized spacial score (nSPS) is 10.7. The maximum absolute atomic E-state index is 5.89. The molecule has 0 fully saturated rings. The minimum atomic E-state index is 0.224. The van der Waals surface area contributed by atoms with Crippen molar-refractivity contribution in [3.05, 3.63) is 5.28 Å². The molecule has 0 amide bonds. The maximum Gasteiger partial charge on any atom is 0.228 e. The summed E-state index contributed by atoms with van der Waals surface area (Å²) in [6.07, 6.45) is 13.4. The molecule has 0 radical (unpaired) electrons. The topological polar surface area (TPSA) is 62.7 Å². The molecule has 0 spiro atoms. The molecule has 1 aromatic rings. The van der Waals surface area contributed by atoms with E-state index >= 15 is 0 Å². The highest BCUT2D eigenvalue weighted by molar-refractivity contribution is 6.28. The van der Waals surface area contributed by atoms with E-state index in [2.05, 4.69) is 32.5 Å². The van der Waals surface area contributed by atoms with Gasteiger partial charge in [0.1, 0.15) is 0 Å². The van der Waals surface area contributed by atoms with Gasteiger partial charge in [0.25, 0.3) is 0 Å². The first-order valence-corrected chi connectivity index (χ1v) is 9.53. The maximum atomic E-state index is 5.89. The molecule has 0 saturated carbocycles. The highest BCUT2D eigenvalue weighted by atomic mass is 35.5. The van der Waals surface area contributed by atoms with Crippen LogP contribution in [0, 0.1) is 0 Å². The van der Waals surface area contributed by atoms with Crippen LogP contribution in [-0.4, -0.2) is 28.0 Å². The lowest BCUT2D eigenvalue weighted by Gasteiger charge is -2.07. The third-order valence-corrected chi connectivity index (χ3v) is 3.93. The van der Waals surface area contributed by atoms with Crippen LogP contribution >= 0.6 is 11.6 Å². The van der Waals surface area contributed by atoms with Crippen LogP contribution in [0.4, 0.5) is 11.9 Å². The third-order valence-electron chi connectivity index (χ3n) is 3.76. The van der Waals surface area contributed by atoms with Gasteiger partial charge in [-0.05, 0) is 24.9 Å². The van der Waals surface area contributed by atoms with Crippen LogP contribution in [0.2, 0.25) is 5.28 Å². The van der Waals surface area contributed by atoms with Gasteiger partial charge < -0.3 is 10.6 Å². The van der Waals surface area contributed by atoms with E-state index in [0.717, 1.165) is 19.5 Å². The molecule has 6 heteroatoms. The fraction of sp³-hybridized carbons (Fsp3) is 0.824. The molecule has 132 valence electrons. The number of aromatic nitrogens is 3. The fourth-order valence-electron chi connectivity index (χ4n) is 2.48. The van der Waals surface area contributed by atoms with Crippen molar-refractivity contribution < 1.29 is 0 Å². The Balaban J connectivity index is 2.02. The number of rotatable bonds is 14. The SMILES string of the molecule is CCCCCCCCCCCCNc1nc(Cl)nc(NCC)n1. The van der Waals surface area contributed by atoms with Crippen LogP contribution in [0.1, 0.15) is 78.1 Å². The first-order valence-electron chi connectivity index (χ1n) is 9.15. The molecule has 0 aliphatic carbocycles. The molecule has 0 saturated heterocycles. The van der Waals surface area contributed by atoms with Gasteiger partial charge in [-0.25, -0.2) is 0 Å². The summed E-state index contributed by atoms with van der Waals surface area (Å²) in [6, 6.07) is 0. The standard InChI is InChI=1S/C17H32ClN5/c1-3-5-6-7-8-9-10-11-12-13-14-20-17-22-15(18)21-16(23-17)19-4-2/h3-14H2,1-2H3,(H2,19,20,21,22,23). The Labute approximate surface area is 146 Å². The van der Waals surface area contributed by atoms with Crippen LogP contribution in [0.25, 0.3) is 0 Å². The van der Waals surface area contributed by atoms with E-state index in [4.69, 9.17) is 11.6 Å². The Morgan fingerprint density at radius 1 is 0.696 bits per heavy atom. The Kier molecular flexibility index (Phi) is 11.6. The van der Waals surface area contributed by atoms with Crippen molar-refractivity contribution in [1.82, 2.24) is 15.0 Å². The molecular formula is C17H32ClN5. The quantitative estimate of drug-likeness (QED) is 0.450. The van der Waals surface area contributed by atoms with E-state index in [9.17, 15) is 0 Å². The van der Waals surface area contributed by atoms with Gasteiger partial charge in [-0.1, -0.05) is 64.7 Å². The number of nitrogens with one attached hydrogen (secondary N) is 2. The Morgan fingerprint density at radius 3 is 1.78 bits per heavy atom. The summed E-state index contributed by atoms with van der Waals surface area (Å²) in [4.78, 5) is 12.4. The minimum absolute atomic E-state index is 0.224. The van der Waals surface area contributed by atoms with Gasteiger partial charge in [0.15, 0.2) is 0 Å². The Bertz CT molecular complexity index is 414. The smallest absolute Gasteiger partial charge is 0.228 e. The van der Waals surface area contributed by atoms with Gasteiger partial charge in [0, 0.05) is 13.1 Å². The molecule has 1 aromatic heterocycles. The van der Waals surface area contributed by atoms with E-state index in [0.29, 0.717) is 11.9 Å². The molecule has 0 atom stereocenters. The van der Waals surface area contributed by atoms with E-state index < -0.39 is 0 Å². The van der Waals surface area contributed by atoms with Crippen molar-refractivity contribution >= 4 is 23.5 Å². The minimum Gasteiger partial charge on any atom is -0.354 e. The summed E-state index contributed by atoms with van der Waals surface area (Å²) in [5.41, 5.74) is 0. The van der Waals surface area contributed by atoms with Crippen LogP contribution in [0.3, 0.4) is 0 Å². The molecule has 2 N–H and O–H groups in total. The monoisotopic (exact) mass is 341 g/mol. The molecular weight excluding hydrogens is 310 g/mol. The zero-order chi connectivity index (χ0) is 16.8. The third kappa shape index (κ3) is 10.3. The lowest BCUT2D eigenvalue weighted by molar-refractivity contribution is 0.559. The molecule has 0 aliphatic rings. The van der Waals surface area contributed by atoms with Crippen molar-refractivity contribution in [2.75, 3.05) is 23.7 Å². The van der Waals surface area contributed by atoms with Crippen molar-refractivity contribution in [3.8, 4) is 0 Å². The number of unbranched alkanes of at least 4 members (excludes halogenated alkanes) is 9. The molecule has 0 aromatic carbocycles. The zero-order valence-electron chi connectivity index (χ0n) is 14.7. The van der Waals surface area contributed by atoms with Crippen molar-refractivity contribution in [3.63, 3.8) is 0 Å². The number of hydrogen-bond acceptors (Lipinski definition) is 5. The van der Waals surface area contributed by atoms with E-state index in [-0.39, 0.29) is 5.28 Å². The van der Waals surface area contributed by atoms with Crippen LogP contribution in [0.5, 0.6) is 0 Å². The van der Waals surface area contributed by atoms with Crippen LogP contribution < -0.4 is 10.6 Å². The second-order valence-corrected chi connectivity index (χ2v) is 6.23. The number of hydrogen-bond donors (Lipinski definition) is 2. The summed E-state index contributed by atoms with van der Waals surface area (Å²) in [6.45, 7) is 5.90. The second-order valence-electron chi connectivity index (χ2n) is 5.89. The molecule has 5 nitrogen and oxygen atoms in total. The van der Waals surface area contributed by atoms with E-state index in [1.165, 1.54) is 57.8 Å². The molecule has 0 aliphatic heterocycles. The number of anilines is 2. The first kappa shape index (κ1) is 19.9. The average Bonchev–Trinajstić information content (AvgIpc) is 2.52. The predicted molar refractivity (Wildman–Crippen MR) is 99.3 cm³/mol. The highest BCUT2D eigenvalue weighted by Gasteiger charge is 2.03. The average molecular weight is 342 g/mol. The lowest BCUT2D eigenvalue weighted by atomic mass is 10.1. The van der Waals surface area contributed by atoms with Crippen molar-refractivity contribution in [2.24, 2.45) is 0 Å². The predicted octanol–water partition coefficient (Wildman–Crippen LogP) is 5.29. The molecule has 23 heavy (non-hydrogen) atoms. The Hall–Kier alpha value is -1.10. The van der Waals surface area contributed by atoms with Gasteiger partial charge in [0.05, 0.1) is 0 Å². The van der Waals surface area contributed by atoms with Gasteiger partial charge in [0.2, 0.25) is 17.2 Å². The van der Waals surface area contributed by atoms with Gasteiger partial charge >= 0.3 is 0 Å². The molecule has 1 rings (SSSR count). The van der Waals surface area contributed by atoms with Crippen molar-refractivity contribution in [1.29, 1.82) is 0 Å². The number of halogens is 1. The van der Waals surface area contributed by atoms with Crippen molar-refractivity contribution in [2.45, 2.75) is 78.1 Å². The first-order chi connectivity index (χ1) is 11.3. The lowest BCUT2D eigenvalue weighted by Crippen LogP contribution is -2.09. The van der Waals surface area contributed by atoms with Crippen LogP contribution in [-0.2, 0) is 0 Å².